The molecule has 2 aromatic carbocycles. The lowest BCUT2D eigenvalue weighted by Crippen LogP contribution is -2.49. The number of rotatable bonds is 3. The van der Waals surface area contributed by atoms with E-state index in [2.05, 4.69) is 46.1 Å². The fourth-order valence-electron chi connectivity index (χ4n) is 7.48. The maximum absolute atomic E-state index is 13.3. The molecular formula is C37H49Cl2N3O5S. The van der Waals surface area contributed by atoms with Gasteiger partial charge >= 0.3 is 0 Å². The van der Waals surface area contributed by atoms with Crippen LogP contribution in [0.2, 0.25) is 5.02 Å². The van der Waals surface area contributed by atoms with Gasteiger partial charge in [-0.05, 0) is 105 Å². The molecule has 6 rings (SSSR count). The second kappa shape index (κ2) is 16.4. The number of methoxy groups -OCH3 is 1. The summed E-state index contributed by atoms with van der Waals surface area (Å²) in [5, 5.41) is 3.11. The molecule has 7 atom stereocenters. The average molecular weight is 719 g/mol. The number of allylic oxidation sites excluding steroid dienone is 1. The fourth-order valence-corrected chi connectivity index (χ4v) is 8.79. The number of carbonyl (C=O) groups excluding carboxylic acids is 2. The molecule has 2 bridgehead atoms. The number of hydrogen-bond acceptors (Lipinski definition) is 6. The van der Waals surface area contributed by atoms with Crippen LogP contribution >= 0.6 is 23.2 Å². The van der Waals surface area contributed by atoms with E-state index in [1.54, 1.807) is 13.2 Å². The van der Waals surface area contributed by atoms with Crippen LogP contribution in [0.3, 0.4) is 0 Å². The standard InChI is InChI=1S/C33H41ClN2O4S.C4H8ClNO/c1-21-6-4-8-30(39-3)27-12-9-25(27)18-36-19-33(15-5-7-23-16-26(34)11-13-28(23)33)20-40-31-14-10-24(17-29(31)36)32(37)35-41(38)22(21)2;1-4(7)6-3-2-5/h4,8,10-11,13-14,16-17,21-22,25,27,30H,5-7,9,12,15,18-20H2,1-3H3,(H,35,37);2-3H2,1H3,(H,6,7)/b8-4+;/t21?,22?,25?,27?,30?,33-,41?;/m0./s1. The van der Waals surface area contributed by atoms with E-state index in [1.165, 1.54) is 18.1 Å². The van der Waals surface area contributed by atoms with E-state index in [-0.39, 0.29) is 34.5 Å². The summed E-state index contributed by atoms with van der Waals surface area (Å²) in [6.45, 7) is 8.30. The van der Waals surface area contributed by atoms with Crippen LogP contribution < -0.4 is 19.7 Å². The number of anilines is 1. The van der Waals surface area contributed by atoms with Crippen LogP contribution in [-0.2, 0) is 32.4 Å². The maximum Gasteiger partial charge on any atom is 0.263 e. The Hall–Kier alpha value is -2.59. The van der Waals surface area contributed by atoms with Crippen molar-refractivity contribution in [3.8, 4) is 5.75 Å². The minimum atomic E-state index is -1.50. The van der Waals surface area contributed by atoms with E-state index < -0.39 is 11.0 Å². The van der Waals surface area contributed by atoms with Gasteiger partial charge in [0.25, 0.3) is 5.91 Å². The van der Waals surface area contributed by atoms with Crippen molar-refractivity contribution in [3.05, 3.63) is 70.3 Å². The second-order valence-electron chi connectivity index (χ2n) is 13.7. The Morgan fingerprint density at radius 2 is 2.02 bits per heavy atom. The highest BCUT2D eigenvalue weighted by Gasteiger charge is 2.44. The number of fused-ring (bicyclic) bond motifs is 4. The Balaban J connectivity index is 0.000000582. The zero-order valence-corrected chi connectivity index (χ0v) is 30.8. The summed E-state index contributed by atoms with van der Waals surface area (Å²) in [5.41, 5.74) is 3.90. The Bertz CT molecular complexity index is 1520. The highest BCUT2D eigenvalue weighted by atomic mass is 35.5. The molecule has 8 nitrogen and oxygen atoms in total. The van der Waals surface area contributed by atoms with Gasteiger partial charge in [-0.1, -0.05) is 36.7 Å². The van der Waals surface area contributed by atoms with Gasteiger partial charge in [-0.2, -0.15) is 0 Å². The molecule has 2 N–H and O–H groups in total. The minimum Gasteiger partial charge on any atom is -0.490 e. The number of nitrogens with one attached hydrogen (secondary N) is 2. The van der Waals surface area contributed by atoms with Gasteiger partial charge < -0.3 is 19.7 Å². The predicted octanol–water partition coefficient (Wildman–Crippen LogP) is 6.59. The molecule has 48 heavy (non-hydrogen) atoms. The van der Waals surface area contributed by atoms with Gasteiger partial charge in [0.15, 0.2) is 0 Å². The number of carbonyl (C=O) groups is 2. The van der Waals surface area contributed by atoms with Crippen molar-refractivity contribution in [2.75, 3.05) is 44.1 Å². The van der Waals surface area contributed by atoms with Crippen LogP contribution in [0.15, 0.2) is 48.6 Å². The number of nitrogens with zero attached hydrogens (tertiary/aromatic N) is 1. The number of alkyl halides is 1. The first-order chi connectivity index (χ1) is 23.0. The molecular weight excluding hydrogens is 669 g/mol. The summed E-state index contributed by atoms with van der Waals surface area (Å²) >= 11 is 11.6. The van der Waals surface area contributed by atoms with Crippen molar-refractivity contribution in [2.45, 2.75) is 76.1 Å². The van der Waals surface area contributed by atoms with E-state index >= 15 is 0 Å². The first-order valence-electron chi connectivity index (χ1n) is 17.1. The Labute approximate surface area is 297 Å². The van der Waals surface area contributed by atoms with E-state index in [0.717, 1.165) is 68.1 Å². The molecule has 0 saturated heterocycles. The van der Waals surface area contributed by atoms with Gasteiger partial charge in [-0.25, -0.2) is 4.21 Å². The van der Waals surface area contributed by atoms with Gasteiger partial charge in [0.2, 0.25) is 5.91 Å². The van der Waals surface area contributed by atoms with Crippen molar-refractivity contribution in [3.63, 3.8) is 0 Å². The monoisotopic (exact) mass is 717 g/mol. The molecule has 2 amide bonds. The molecule has 2 aliphatic carbocycles. The topological polar surface area (TPSA) is 97.0 Å². The van der Waals surface area contributed by atoms with Gasteiger partial charge in [0, 0.05) is 55.5 Å². The van der Waals surface area contributed by atoms with Crippen molar-refractivity contribution in [1.82, 2.24) is 10.0 Å². The third-order valence-electron chi connectivity index (χ3n) is 10.6. The Morgan fingerprint density at radius 1 is 1.21 bits per heavy atom. The summed E-state index contributed by atoms with van der Waals surface area (Å²) in [4.78, 5) is 25.8. The highest BCUT2D eigenvalue weighted by molar-refractivity contribution is 7.84. The summed E-state index contributed by atoms with van der Waals surface area (Å²) in [6, 6.07) is 12.0. The Morgan fingerprint density at radius 3 is 2.71 bits per heavy atom. The third kappa shape index (κ3) is 8.40. The van der Waals surface area contributed by atoms with Gasteiger partial charge in [-0.3, -0.25) is 14.3 Å². The summed E-state index contributed by atoms with van der Waals surface area (Å²) in [5.74, 6) is 1.98. The first kappa shape index (κ1) is 36.7. The largest absolute Gasteiger partial charge is 0.490 e. The van der Waals surface area contributed by atoms with Gasteiger partial charge in [0.05, 0.1) is 23.6 Å². The van der Waals surface area contributed by atoms with Gasteiger partial charge in [0.1, 0.15) is 16.7 Å². The molecule has 2 aromatic rings. The van der Waals surface area contributed by atoms with Crippen LogP contribution in [0, 0.1) is 17.8 Å². The number of halogens is 2. The van der Waals surface area contributed by atoms with Crippen LogP contribution in [0.4, 0.5) is 5.69 Å². The third-order valence-corrected chi connectivity index (χ3v) is 12.5. The quantitative estimate of drug-likeness (QED) is 0.275. The van der Waals surface area contributed by atoms with Crippen molar-refractivity contribution < 1.29 is 23.3 Å². The SMILES string of the molecule is CC(=O)NCCCl.COC1/C=C/CC(C)C(C)S(=O)NC(=O)c2ccc3c(c2)N(CC2CCC21)C[C@@]1(CCCc2cc(Cl)ccc21)CO3. The molecule has 6 unspecified atom stereocenters. The van der Waals surface area contributed by atoms with Crippen molar-refractivity contribution in [2.24, 2.45) is 17.8 Å². The highest BCUT2D eigenvalue weighted by Crippen LogP contribution is 2.47. The maximum atomic E-state index is 13.3. The molecule has 4 aliphatic rings. The minimum absolute atomic E-state index is 0.0272. The van der Waals surface area contributed by atoms with E-state index in [0.29, 0.717) is 36.4 Å². The molecule has 0 radical (unpaired) electrons. The second-order valence-corrected chi connectivity index (χ2v) is 16.1. The molecule has 2 aliphatic heterocycles. The zero-order chi connectivity index (χ0) is 34.4. The van der Waals surface area contributed by atoms with Gasteiger partial charge in [-0.15, -0.1) is 11.6 Å². The van der Waals surface area contributed by atoms with Crippen molar-refractivity contribution >= 4 is 51.7 Å². The summed E-state index contributed by atoms with van der Waals surface area (Å²) < 4.78 is 28.5. The lowest BCUT2D eigenvalue weighted by atomic mass is 9.68. The lowest BCUT2D eigenvalue weighted by molar-refractivity contribution is -0.118. The number of ether oxygens (including phenoxy) is 2. The van der Waals surface area contributed by atoms with Crippen LogP contribution in [0.5, 0.6) is 5.75 Å². The summed E-state index contributed by atoms with van der Waals surface area (Å²) in [6.07, 6.45) is 10.6. The zero-order valence-electron chi connectivity index (χ0n) is 28.4. The van der Waals surface area contributed by atoms with Crippen LogP contribution in [0.1, 0.15) is 74.4 Å². The van der Waals surface area contributed by atoms with Crippen molar-refractivity contribution in [1.29, 1.82) is 0 Å². The summed E-state index contributed by atoms with van der Waals surface area (Å²) in [7, 11) is 0.305. The average Bonchev–Trinajstić information content (AvgIpc) is 3.21. The van der Waals surface area contributed by atoms with E-state index in [9.17, 15) is 13.8 Å². The Kier molecular flexibility index (Phi) is 12.5. The first-order valence-corrected chi connectivity index (χ1v) is 19.2. The molecule has 1 saturated carbocycles. The molecule has 0 aromatic heterocycles. The number of benzene rings is 2. The van der Waals surface area contributed by atoms with E-state index in [4.69, 9.17) is 32.7 Å². The molecule has 11 heteroatoms. The fraction of sp³-hybridized carbons (Fsp3) is 0.568. The molecule has 1 fully saturated rings. The number of aryl methyl sites for hydroxylation is 1. The van der Waals surface area contributed by atoms with Crippen LogP contribution in [-0.4, -0.2) is 66.6 Å². The molecule has 1 spiro atoms. The number of hydrogen-bond donors (Lipinski definition) is 2. The molecule has 2 heterocycles. The van der Waals surface area contributed by atoms with E-state index in [1.807, 2.05) is 25.1 Å². The van der Waals surface area contributed by atoms with Crippen LogP contribution in [0.25, 0.3) is 0 Å². The smallest absolute Gasteiger partial charge is 0.263 e. The molecule has 262 valence electrons. The number of amides is 2. The normalized spacial score (nSPS) is 30.5. The lowest BCUT2D eigenvalue weighted by Gasteiger charge is -2.46. The predicted molar refractivity (Wildman–Crippen MR) is 195 cm³/mol.